The van der Waals surface area contributed by atoms with Gasteiger partial charge in [-0.05, 0) is 63.8 Å². The standard InChI is InChI=1S/C22H26FN3O3/c1-22(2,3)29-21(27)26-16-7-4-14(5-8-16)17-13-25-11-10-19(17)28-20-9-6-15(24)12-18(20)23/h4,6,9-13,16H,5,7-8,24H2,1-3H3,(H,26,27). The number of carbonyl (C=O) groups is 1. The van der Waals surface area contributed by atoms with Crippen LogP contribution in [-0.2, 0) is 4.74 Å². The van der Waals surface area contributed by atoms with Gasteiger partial charge >= 0.3 is 6.09 Å². The van der Waals surface area contributed by atoms with Crippen LogP contribution in [0.15, 0.2) is 42.7 Å². The van der Waals surface area contributed by atoms with E-state index in [2.05, 4.69) is 16.4 Å². The first kappa shape index (κ1) is 20.6. The summed E-state index contributed by atoms with van der Waals surface area (Å²) in [6, 6.07) is 6.03. The summed E-state index contributed by atoms with van der Waals surface area (Å²) in [6.07, 6.45) is 7.10. The highest BCUT2D eigenvalue weighted by atomic mass is 19.1. The third-order valence-electron chi connectivity index (χ3n) is 4.43. The van der Waals surface area contributed by atoms with Gasteiger partial charge in [0.1, 0.15) is 11.4 Å². The summed E-state index contributed by atoms with van der Waals surface area (Å²) in [5.41, 5.74) is 7.26. The van der Waals surface area contributed by atoms with E-state index < -0.39 is 17.5 Å². The summed E-state index contributed by atoms with van der Waals surface area (Å²) >= 11 is 0. The van der Waals surface area contributed by atoms with Gasteiger partial charge in [-0.15, -0.1) is 0 Å². The molecule has 6 nitrogen and oxygen atoms in total. The molecule has 2 aromatic rings. The monoisotopic (exact) mass is 399 g/mol. The van der Waals surface area contributed by atoms with Crippen molar-refractivity contribution in [1.29, 1.82) is 0 Å². The van der Waals surface area contributed by atoms with Gasteiger partial charge in [0.15, 0.2) is 11.6 Å². The third kappa shape index (κ3) is 5.70. The maximum absolute atomic E-state index is 14.1. The van der Waals surface area contributed by atoms with E-state index in [0.29, 0.717) is 17.9 Å². The quantitative estimate of drug-likeness (QED) is 0.702. The number of allylic oxidation sites excluding steroid dienone is 1. The van der Waals surface area contributed by atoms with Crippen LogP contribution in [0, 0.1) is 5.82 Å². The van der Waals surface area contributed by atoms with Gasteiger partial charge in [-0.25, -0.2) is 9.18 Å². The summed E-state index contributed by atoms with van der Waals surface area (Å²) in [7, 11) is 0. The van der Waals surface area contributed by atoms with Crippen molar-refractivity contribution in [3.63, 3.8) is 0 Å². The largest absolute Gasteiger partial charge is 0.454 e. The first-order valence-corrected chi connectivity index (χ1v) is 9.57. The number of ether oxygens (including phenoxy) is 2. The minimum Gasteiger partial charge on any atom is -0.454 e. The van der Waals surface area contributed by atoms with Gasteiger partial charge in [-0.3, -0.25) is 4.98 Å². The highest BCUT2D eigenvalue weighted by molar-refractivity contribution is 5.72. The zero-order chi connectivity index (χ0) is 21.0. The van der Waals surface area contributed by atoms with Crippen LogP contribution in [0.25, 0.3) is 5.57 Å². The van der Waals surface area contributed by atoms with Gasteiger partial charge in [0.25, 0.3) is 0 Å². The van der Waals surface area contributed by atoms with Crippen LogP contribution in [0.5, 0.6) is 11.5 Å². The number of anilines is 1. The van der Waals surface area contributed by atoms with Crippen LogP contribution in [0.1, 0.15) is 45.6 Å². The number of nitrogens with zero attached hydrogens (tertiary/aromatic N) is 1. The van der Waals surface area contributed by atoms with Crippen molar-refractivity contribution in [3.05, 3.63) is 54.1 Å². The lowest BCUT2D eigenvalue weighted by Gasteiger charge is -2.26. The number of benzene rings is 1. The van der Waals surface area contributed by atoms with E-state index in [1.54, 1.807) is 24.5 Å². The Balaban J connectivity index is 1.70. The van der Waals surface area contributed by atoms with Gasteiger partial charge in [0.2, 0.25) is 0 Å². The molecule has 0 aliphatic heterocycles. The molecule has 0 spiro atoms. The fourth-order valence-corrected chi connectivity index (χ4v) is 3.11. The molecule has 1 unspecified atom stereocenters. The van der Waals surface area contributed by atoms with Crippen molar-refractivity contribution in [2.45, 2.75) is 51.7 Å². The Morgan fingerprint density at radius 1 is 1.28 bits per heavy atom. The molecule has 0 bridgehead atoms. The number of hydrogen-bond acceptors (Lipinski definition) is 5. The van der Waals surface area contributed by atoms with E-state index in [9.17, 15) is 9.18 Å². The highest BCUT2D eigenvalue weighted by Crippen LogP contribution is 2.35. The normalized spacial score (nSPS) is 16.7. The fourth-order valence-electron chi connectivity index (χ4n) is 3.11. The van der Waals surface area contributed by atoms with Crippen molar-refractivity contribution in [2.75, 3.05) is 5.73 Å². The number of aromatic nitrogens is 1. The second-order valence-corrected chi connectivity index (χ2v) is 8.01. The smallest absolute Gasteiger partial charge is 0.407 e. The van der Waals surface area contributed by atoms with Crippen molar-refractivity contribution < 1.29 is 18.7 Å². The Morgan fingerprint density at radius 3 is 2.72 bits per heavy atom. The molecule has 154 valence electrons. The van der Waals surface area contributed by atoms with Crippen LogP contribution in [0.2, 0.25) is 0 Å². The zero-order valence-electron chi connectivity index (χ0n) is 16.9. The van der Waals surface area contributed by atoms with Crippen LogP contribution in [-0.4, -0.2) is 22.7 Å². The molecule has 0 saturated carbocycles. The van der Waals surface area contributed by atoms with E-state index in [-0.39, 0.29) is 11.8 Å². The van der Waals surface area contributed by atoms with Crippen LogP contribution >= 0.6 is 0 Å². The van der Waals surface area contributed by atoms with Gasteiger partial charge in [-0.2, -0.15) is 0 Å². The van der Waals surface area contributed by atoms with Gasteiger partial charge in [-0.1, -0.05) is 6.08 Å². The molecule has 0 fully saturated rings. The second kappa shape index (κ2) is 8.51. The Hall–Kier alpha value is -3.09. The molecule has 3 N–H and O–H groups in total. The molecule has 1 amide bonds. The molecule has 1 atom stereocenters. The molecule has 1 heterocycles. The molecule has 1 aliphatic rings. The average Bonchev–Trinajstić information content (AvgIpc) is 2.64. The summed E-state index contributed by atoms with van der Waals surface area (Å²) in [5.74, 6) is 0.105. The van der Waals surface area contributed by atoms with Gasteiger partial charge in [0, 0.05) is 35.8 Å². The maximum atomic E-state index is 14.1. The molecule has 7 heteroatoms. The van der Waals surface area contributed by atoms with Crippen molar-refractivity contribution in [3.8, 4) is 11.5 Å². The average molecular weight is 399 g/mol. The fraction of sp³-hybridized carbons (Fsp3) is 0.364. The van der Waals surface area contributed by atoms with E-state index in [1.165, 1.54) is 12.1 Å². The molecule has 0 radical (unpaired) electrons. The highest BCUT2D eigenvalue weighted by Gasteiger charge is 2.23. The van der Waals surface area contributed by atoms with Gasteiger partial charge < -0.3 is 20.5 Å². The van der Waals surface area contributed by atoms with E-state index in [1.807, 2.05) is 20.8 Å². The Morgan fingerprint density at radius 2 is 2.07 bits per heavy atom. The number of halogens is 1. The number of nitrogens with two attached hydrogens (primary N) is 1. The van der Waals surface area contributed by atoms with Crippen molar-refractivity contribution in [2.24, 2.45) is 0 Å². The maximum Gasteiger partial charge on any atom is 0.407 e. The number of alkyl carbamates (subject to hydrolysis) is 1. The van der Waals surface area contributed by atoms with E-state index >= 15 is 0 Å². The predicted molar refractivity (Wildman–Crippen MR) is 110 cm³/mol. The molecule has 1 aromatic heterocycles. The molecule has 3 rings (SSSR count). The summed E-state index contributed by atoms with van der Waals surface area (Å²) in [4.78, 5) is 16.1. The Kier molecular flexibility index (Phi) is 6.06. The van der Waals surface area contributed by atoms with Crippen molar-refractivity contribution in [1.82, 2.24) is 10.3 Å². The number of amides is 1. The third-order valence-corrected chi connectivity index (χ3v) is 4.43. The number of nitrogen functional groups attached to an aromatic ring is 1. The molecular weight excluding hydrogens is 373 g/mol. The Bertz CT molecular complexity index is 922. The molecule has 1 aromatic carbocycles. The Labute approximate surface area is 169 Å². The lowest BCUT2D eigenvalue weighted by atomic mass is 9.91. The molecule has 1 aliphatic carbocycles. The first-order chi connectivity index (χ1) is 13.7. The SMILES string of the molecule is CC(C)(C)OC(=O)NC1CC=C(c2cnccc2Oc2ccc(N)cc2F)CC1. The van der Waals surface area contributed by atoms with Crippen molar-refractivity contribution >= 4 is 17.4 Å². The number of rotatable bonds is 4. The van der Waals surface area contributed by atoms with Crippen LogP contribution in [0.3, 0.4) is 0 Å². The van der Waals surface area contributed by atoms with Crippen LogP contribution < -0.4 is 15.8 Å². The molecule has 0 saturated heterocycles. The number of pyridine rings is 1. The minimum atomic E-state index is -0.529. The zero-order valence-corrected chi connectivity index (χ0v) is 16.9. The first-order valence-electron chi connectivity index (χ1n) is 9.57. The van der Waals surface area contributed by atoms with Gasteiger partial charge in [0.05, 0.1) is 0 Å². The number of hydrogen-bond donors (Lipinski definition) is 2. The molecular formula is C22H26FN3O3. The lowest BCUT2D eigenvalue weighted by molar-refractivity contribution is 0.0502. The predicted octanol–water partition coefficient (Wildman–Crippen LogP) is 5.06. The lowest BCUT2D eigenvalue weighted by Crippen LogP contribution is -2.39. The summed E-state index contributed by atoms with van der Waals surface area (Å²) in [5, 5.41) is 2.90. The topological polar surface area (TPSA) is 86.5 Å². The van der Waals surface area contributed by atoms with E-state index in [4.69, 9.17) is 15.2 Å². The number of nitrogens with one attached hydrogen (secondary N) is 1. The summed E-state index contributed by atoms with van der Waals surface area (Å²) in [6.45, 7) is 5.50. The van der Waals surface area contributed by atoms with Crippen LogP contribution in [0.4, 0.5) is 14.9 Å². The minimum absolute atomic E-state index is 0.00387. The summed E-state index contributed by atoms with van der Waals surface area (Å²) < 4.78 is 25.2. The molecule has 29 heavy (non-hydrogen) atoms. The number of carbonyl (C=O) groups excluding carboxylic acids is 1. The second-order valence-electron chi connectivity index (χ2n) is 8.01. The van der Waals surface area contributed by atoms with E-state index in [0.717, 1.165) is 24.0 Å².